The van der Waals surface area contributed by atoms with Gasteiger partial charge >= 0.3 is 0 Å². The van der Waals surface area contributed by atoms with Crippen LogP contribution >= 0.6 is 11.3 Å². The molecule has 5 heteroatoms. The molecule has 23 heavy (non-hydrogen) atoms. The Hall–Kier alpha value is -1.72. The maximum atomic E-state index is 12.1. The highest BCUT2D eigenvalue weighted by atomic mass is 32.1. The molecule has 2 aromatic rings. The number of nitrogens with one attached hydrogen (secondary N) is 2. The number of hydrogen-bond donors (Lipinski definition) is 2. The monoisotopic (exact) mass is 329 g/mol. The molecule has 0 atom stereocenters. The van der Waals surface area contributed by atoms with Gasteiger partial charge in [0.1, 0.15) is 5.01 Å². The standard InChI is InChI=1S/C18H23N3OS/c1-2-13-3-5-14(6-4-13)18-21-16(12-23-18)11-17(22)20-15-7-9-19-10-8-15/h3-6,12,15,19H,2,7-11H2,1H3,(H,20,22). The first kappa shape index (κ1) is 16.1. The van der Waals surface area contributed by atoms with E-state index in [-0.39, 0.29) is 5.91 Å². The average Bonchev–Trinajstić information content (AvgIpc) is 3.04. The van der Waals surface area contributed by atoms with Gasteiger partial charge in [-0.15, -0.1) is 11.3 Å². The van der Waals surface area contributed by atoms with Crippen molar-refractivity contribution in [2.24, 2.45) is 0 Å². The van der Waals surface area contributed by atoms with Crippen molar-refractivity contribution >= 4 is 17.2 Å². The lowest BCUT2D eigenvalue weighted by Gasteiger charge is -2.23. The second-order valence-corrected chi connectivity index (χ2v) is 6.82. The molecule has 0 bridgehead atoms. The van der Waals surface area contributed by atoms with Crippen LogP contribution in [0.4, 0.5) is 0 Å². The first-order valence-corrected chi connectivity index (χ1v) is 9.16. The summed E-state index contributed by atoms with van der Waals surface area (Å²) in [5.74, 6) is 0.0788. The topological polar surface area (TPSA) is 54.0 Å². The third-order valence-electron chi connectivity index (χ3n) is 4.21. The summed E-state index contributed by atoms with van der Waals surface area (Å²) in [6.45, 7) is 4.12. The fourth-order valence-electron chi connectivity index (χ4n) is 2.81. The van der Waals surface area contributed by atoms with Crippen molar-refractivity contribution in [3.8, 4) is 10.6 Å². The molecular formula is C18H23N3OS. The highest BCUT2D eigenvalue weighted by Crippen LogP contribution is 2.24. The third-order valence-corrected chi connectivity index (χ3v) is 5.15. The van der Waals surface area contributed by atoms with Crippen molar-refractivity contribution in [2.75, 3.05) is 13.1 Å². The maximum Gasteiger partial charge on any atom is 0.226 e. The predicted octanol–water partition coefficient (Wildman–Crippen LogP) is 2.78. The lowest BCUT2D eigenvalue weighted by molar-refractivity contribution is -0.121. The van der Waals surface area contributed by atoms with Gasteiger partial charge < -0.3 is 10.6 Å². The van der Waals surface area contributed by atoms with E-state index < -0.39 is 0 Å². The second kappa shape index (κ2) is 7.70. The molecule has 0 spiro atoms. The molecule has 1 saturated heterocycles. The van der Waals surface area contributed by atoms with Crippen molar-refractivity contribution in [1.29, 1.82) is 0 Å². The van der Waals surface area contributed by atoms with E-state index in [1.54, 1.807) is 11.3 Å². The number of carbonyl (C=O) groups is 1. The minimum Gasteiger partial charge on any atom is -0.353 e. The molecule has 0 unspecified atom stereocenters. The molecule has 1 aliphatic rings. The van der Waals surface area contributed by atoms with E-state index in [4.69, 9.17) is 0 Å². The SMILES string of the molecule is CCc1ccc(-c2nc(CC(=O)NC3CCNCC3)cs2)cc1. The van der Waals surface area contributed by atoms with E-state index in [1.807, 2.05) is 5.38 Å². The fourth-order valence-corrected chi connectivity index (χ4v) is 3.64. The summed E-state index contributed by atoms with van der Waals surface area (Å²) >= 11 is 1.60. The van der Waals surface area contributed by atoms with Crippen LogP contribution in [-0.4, -0.2) is 30.0 Å². The van der Waals surface area contributed by atoms with E-state index in [0.717, 1.165) is 48.6 Å². The van der Waals surface area contributed by atoms with Gasteiger partial charge in [-0.1, -0.05) is 31.2 Å². The molecule has 122 valence electrons. The van der Waals surface area contributed by atoms with Crippen LogP contribution in [0, 0.1) is 0 Å². The Morgan fingerprint density at radius 1 is 1.30 bits per heavy atom. The summed E-state index contributed by atoms with van der Waals surface area (Å²) < 4.78 is 0. The number of amides is 1. The summed E-state index contributed by atoms with van der Waals surface area (Å²) in [5.41, 5.74) is 3.31. The number of carbonyl (C=O) groups excluding carboxylic acids is 1. The smallest absolute Gasteiger partial charge is 0.226 e. The first-order valence-electron chi connectivity index (χ1n) is 8.28. The van der Waals surface area contributed by atoms with E-state index in [9.17, 15) is 4.79 Å². The quantitative estimate of drug-likeness (QED) is 0.887. The molecule has 2 heterocycles. The summed E-state index contributed by atoms with van der Waals surface area (Å²) in [6, 6.07) is 8.80. The van der Waals surface area contributed by atoms with Gasteiger partial charge in [0.2, 0.25) is 5.91 Å². The zero-order chi connectivity index (χ0) is 16.1. The van der Waals surface area contributed by atoms with Crippen molar-refractivity contribution in [3.05, 3.63) is 40.9 Å². The Morgan fingerprint density at radius 3 is 2.74 bits per heavy atom. The van der Waals surface area contributed by atoms with Crippen LogP contribution in [-0.2, 0) is 17.6 Å². The number of thiazole rings is 1. The van der Waals surface area contributed by atoms with Crippen LogP contribution in [0.15, 0.2) is 29.6 Å². The van der Waals surface area contributed by atoms with Crippen molar-refractivity contribution in [1.82, 2.24) is 15.6 Å². The number of nitrogens with zero attached hydrogens (tertiary/aromatic N) is 1. The van der Waals surface area contributed by atoms with E-state index in [1.165, 1.54) is 5.56 Å². The Kier molecular flexibility index (Phi) is 5.41. The van der Waals surface area contributed by atoms with Gasteiger partial charge in [0.15, 0.2) is 0 Å². The molecule has 1 amide bonds. The molecule has 4 nitrogen and oxygen atoms in total. The van der Waals surface area contributed by atoms with E-state index in [2.05, 4.69) is 46.8 Å². The number of rotatable bonds is 5. The van der Waals surface area contributed by atoms with Crippen LogP contribution in [0.3, 0.4) is 0 Å². The number of aryl methyl sites for hydroxylation is 1. The van der Waals surface area contributed by atoms with Gasteiger partial charge in [-0.05, 0) is 37.9 Å². The van der Waals surface area contributed by atoms with Gasteiger partial charge in [-0.25, -0.2) is 4.98 Å². The lowest BCUT2D eigenvalue weighted by atomic mass is 10.1. The second-order valence-electron chi connectivity index (χ2n) is 5.96. The van der Waals surface area contributed by atoms with Gasteiger partial charge in [0.05, 0.1) is 12.1 Å². The van der Waals surface area contributed by atoms with E-state index in [0.29, 0.717) is 12.5 Å². The minimum absolute atomic E-state index is 0.0788. The number of hydrogen-bond acceptors (Lipinski definition) is 4. The van der Waals surface area contributed by atoms with Crippen LogP contribution in [0.25, 0.3) is 10.6 Å². The molecule has 0 radical (unpaired) electrons. The third kappa shape index (κ3) is 4.39. The van der Waals surface area contributed by atoms with Gasteiger partial charge in [-0.3, -0.25) is 4.79 Å². The number of piperidine rings is 1. The highest BCUT2D eigenvalue weighted by Gasteiger charge is 2.16. The Balaban J connectivity index is 1.58. The maximum absolute atomic E-state index is 12.1. The minimum atomic E-state index is 0.0788. The summed E-state index contributed by atoms with van der Waals surface area (Å²) in [6.07, 6.45) is 3.43. The Bertz CT molecular complexity index is 645. The zero-order valence-corrected chi connectivity index (χ0v) is 14.3. The molecule has 2 N–H and O–H groups in total. The highest BCUT2D eigenvalue weighted by molar-refractivity contribution is 7.13. The summed E-state index contributed by atoms with van der Waals surface area (Å²) in [4.78, 5) is 16.8. The number of benzene rings is 1. The summed E-state index contributed by atoms with van der Waals surface area (Å²) in [5, 5.41) is 9.40. The largest absolute Gasteiger partial charge is 0.353 e. The normalized spacial score (nSPS) is 15.5. The Morgan fingerprint density at radius 2 is 2.04 bits per heavy atom. The van der Waals surface area contributed by atoms with Crippen LogP contribution in [0.2, 0.25) is 0 Å². The first-order chi connectivity index (χ1) is 11.2. The molecule has 1 aromatic carbocycles. The van der Waals surface area contributed by atoms with Crippen molar-refractivity contribution in [3.63, 3.8) is 0 Å². The molecule has 1 fully saturated rings. The Labute approximate surface area is 141 Å². The van der Waals surface area contributed by atoms with E-state index >= 15 is 0 Å². The summed E-state index contributed by atoms with van der Waals surface area (Å²) in [7, 11) is 0. The molecular weight excluding hydrogens is 306 g/mol. The van der Waals surface area contributed by atoms with Crippen molar-refractivity contribution < 1.29 is 4.79 Å². The van der Waals surface area contributed by atoms with Crippen LogP contribution in [0.1, 0.15) is 31.0 Å². The molecule has 0 saturated carbocycles. The fraction of sp³-hybridized carbons (Fsp3) is 0.444. The van der Waals surface area contributed by atoms with Crippen LogP contribution in [0.5, 0.6) is 0 Å². The van der Waals surface area contributed by atoms with Gasteiger partial charge in [0.25, 0.3) is 0 Å². The zero-order valence-electron chi connectivity index (χ0n) is 13.5. The average molecular weight is 329 g/mol. The number of aromatic nitrogens is 1. The van der Waals surface area contributed by atoms with Gasteiger partial charge in [-0.2, -0.15) is 0 Å². The van der Waals surface area contributed by atoms with Crippen LogP contribution < -0.4 is 10.6 Å². The molecule has 1 aromatic heterocycles. The predicted molar refractivity (Wildman–Crippen MR) is 94.7 cm³/mol. The lowest BCUT2D eigenvalue weighted by Crippen LogP contribution is -2.43. The molecule has 3 rings (SSSR count). The van der Waals surface area contributed by atoms with Crippen molar-refractivity contribution in [2.45, 2.75) is 38.6 Å². The molecule has 1 aliphatic heterocycles. The van der Waals surface area contributed by atoms with Gasteiger partial charge in [0, 0.05) is 17.0 Å². The molecule has 0 aliphatic carbocycles.